The lowest BCUT2D eigenvalue weighted by Crippen LogP contribution is -2.42. The molecule has 2 fully saturated rings. The molecule has 5 nitrogen and oxygen atoms in total. The van der Waals surface area contributed by atoms with Crippen LogP contribution < -0.4 is 0 Å². The molecule has 17 heavy (non-hydrogen) atoms. The molecule has 2 rings (SSSR count). The van der Waals surface area contributed by atoms with Crippen molar-refractivity contribution in [1.29, 1.82) is 0 Å². The summed E-state index contributed by atoms with van der Waals surface area (Å²) in [6.45, 7) is 7.47. The summed E-state index contributed by atoms with van der Waals surface area (Å²) in [4.78, 5) is 11.9. The Labute approximate surface area is 100 Å². The predicted octanol–water partition coefficient (Wildman–Crippen LogP) is 0.411. The molecule has 2 heterocycles. The number of ether oxygens (including phenoxy) is 3. The van der Waals surface area contributed by atoms with Gasteiger partial charge in [-0.05, 0) is 13.8 Å². The van der Waals surface area contributed by atoms with Crippen LogP contribution in [-0.2, 0) is 19.0 Å². The van der Waals surface area contributed by atoms with Gasteiger partial charge in [0.15, 0.2) is 11.6 Å². The molecule has 0 aromatic heterocycles. The van der Waals surface area contributed by atoms with E-state index in [1.165, 1.54) is 6.08 Å². The van der Waals surface area contributed by atoms with Crippen LogP contribution in [0, 0.1) is 0 Å². The molecular weight excluding hydrogens is 224 g/mol. The smallest absolute Gasteiger partial charge is 0.168 e. The molecule has 0 aromatic carbocycles. The van der Waals surface area contributed by atoms with Gasteiger partial charge in [-0.15, -0.1) is 6.58 Å². The number of rotatable bonds is 5. The molecule has 5 heteroatoms. The summed E-state index contributed by atoms with van der Waals surface area (Å²) in [5.41, 5.74) is 0. The fourth-order valence-electron chi connectivity index (χ4n) is 2.01. The predicted molar refractivity (Wildman–Crippen MR) is 59.4 cm³/mol. The van der Waals surface area contributed by atoms with Crippen molar-refractivity contribution in [1.82, 2.24) is 0 Å². The van der Waals surface area contributed by atoms with Crippen LogP contribution in [0.25, 0.3) is 0 Å². The Kier molecular flexibility index (Phi) is 3.36. The SMILES string of the molecule is C=CCC(=O)[C@H]1OC(C)(C)O[C@H]1[C@H](O)[C@@H]1CO1. The monoisotopic (exact) mass is 242 g/mol. The molecule has 1 N–H and O–H groups in total. The fraction of sp³-hybridized carbons (Fsp3) is 0.750. The van der Waals surface area contributed by atoms with E-state index in [-0.39, 0.29) is 18.3 Å². The Bertz CT molecular complexity index is 321. The average molecular weight is 242 g/mol. The maximum atomic E-state index is 11.9. The van der Waals surface area contributed by atoms with Gasteiger partial charge in [0.05, 0.1) is 6.61 Å². The maximum absolute atomic E-state index is 11.9. The first-order valence-electron chi connectivity index (χ1n) is 5.73. The highest BCUT2D eigenvalue weighted by Crippen LogP contribution is 2.34. The van der Waals surface area contributed by atoms with E-state index >= 15 is 0 Å². The van der Waals surface area contributed by atoms with E-state index in [0.717, 1.165) is 0 Å². The summed E-state index contributed by atoms with van der Waals surface area (Å²) in [5.74, 6) is -0.988. The summed E-state index contributed by atoms with van der Waals surface area (Å²) in [6, 6.07) is 0. The van der Waals surface area contributed by atoms with Gasteiger partial charge >= 0.3 is 0 Å². The van der Waals surface area contributed by atoms with E-state index in [1.54, 1.807) is 13.8 Å². The molecule has 2 aliphatic heterocycles. The third kappa shape index (κ3) is 2.74. The number of hydrogen-bond acceptors (Lipinski definition) is 5. The number of epoxide rings is 1. The fourth-order valence-corrected chi connectivity index (χ4v) is 2.01. The average Bonchev–Trinajstić information content (AvgIpc) is 3.02. The molecule has 96 valence electrons. The molecule has 0 saturated carbocycles. The standard InChI is InChI=1S/C12H18O5/c1-4-5-7(13)10-11(9(14)8-6-15-8)17-12(2,3)16-10/h4,8-11,14H,1,5-6H2,2-3H3/t8-,9+,10+,11-/m0/s1. The number of Topliss-reactive ketones (excluding diaryl/α,β-unsaturated/α-hetero) is 1. The van der Waals surface area contributed by atoms with Crippen molar-refractivity contribution in [3.63, 3.8) is 0 Å². The summed E-state index contributed by atoms with van der Waals surface area (Å²) in [6.07, 6.45) is -0.744. The zero-order valence-electron chi connectivity index (χ0n) is 10.1. The van der Waals surface area contributed by atoms with E-state index < -0.39 is 24.1 Å². The molecule has 2 aliphatic rings. The van der Waals surface area contributed by atoms with E-state index in [9.17, 15) is 9.90 Å². The van der Waals surface area contributed by atoms with Crippen LogP contribution in [0.1, 0.15) is 20.3 Å². The first-order chi connectivity index (χ1) is 7.94. The van der Waals surface area contributed by atoms with Gasteiger partial charge in [-0.1, -0.05) is 6.08 Å². The minimum atomic E-state index is -0.859. The quantitative estimate of drug-likeness (QED) is 0.558. The van der Waals surface area contributed by atoms with Gasteiger partial charge in [0, 0.05) is 6.42 Å². The topological polar surface area (TPSA) is 68.3 Å². The number of carbonyl (C=O) groups excluding carboxylic acids is 1. The third-order valence-electron chi connectivity index (χ3n) is 2.87. The zero-order chi connectivity index (χ0) is 12.6. The number of hydrogen-bond donors (Lipinski definition) is 1. The molecule has 0 unspecified atom stereocenters. The lowest BCUT2D eigenvalue weighted by molar-refractivity contribution is -0.159. The van der Waals surface area contributed by atoms with Crippen LogP contribution in [0.2, 0.25) is 0 Å². The number of aliphatic hydroxyl groups is 1. The van der Waals surface area contributed by atoms with Crippen LogP contribution in [0.5, 0.6) is 0 Å². The first-order valence-corrected chi connectivity index (χ1v) is 5.73. The van der Waals surface area contributed by atoms with Crippen LogP contribution >= 0.6 is 0 Å². The largest absolute Gasteiger partial charge is 0.387 e. The normalized spacial score (nSPS) is 36.5. The Morgan fingerprint density at radius 3 is 2.76 bits per heavy atom. The number of carbonyl (C=O) groups is 1. The molecule has 2 saturated heterocycles. The number of allylic oxidation sites excluding steroid dienone is 1. The second kappa shape index (κ2) is 4.49. The van der Waals surface area contributed by atoms with Crippen LogP contribution in [0.4, 0.5) is 0 Å². The Morgan fingerprint density at radius 1 is 1.59 bits per heavy atom. The van der Waals surface area contributed by atoms with Crippen molar-refractivity contribution in [2.75, 3.05) is 6.61 Å². The van der Waals surface area contributed by atoms with Crippen molar-refractivity contribution >= 4 is 5.78 Å². The van der Waals surface area contributed by atoms with E-state index in [4.69, 9.17) is 14.2 Å². The third-order valence-corrected chi connectivity index (χ3v) is 2.87. The molecular formula is C12H18O5. The van der Waals surface area contributed by atoms with E-state index in [1.807, 2.05) is 0 Å². The van der Waals surface area contributed by atoms with Gasteiger partial charge in [-0.2, -0.15) is 0 Å². The van der Waals surface area contributed by atoms with Crippen molar-refractivity contribution < 1.29 is 24.1 Å². The van der Waals surface area contributed by atoms with Gasteiger partial charge in [0.2, 0.25) is 0 Å². The summed E-state index contributed by atoms with van der Waals surface area (Å²) in [7, 11) is 0. The molecule has 0 radical (unpaired) electrons. The summed E-state index contributed by atoms with van der Waals surface area (Å²) in [5, 5.41) is 10.0. The second-order valence-electron chi connectivity index (χ2n) is 4.84. The van der Waals surface area contributed by atoms with E-state index in [2.05, 4.69) is 6.58 Å². The number of ketones is 1. The molecule has 0 amide bonds. The molecule has 0 spiro atoms. The molecule has 0 bridgehead atoms. The van der Waals surface area contributed by atoms with Crippen molar-refractivity contribution in [3.05, 3.63) is 12.7 Å². The van der Waals surface area contributed by atoms with Gasteiger partial charge in [-0.25, -0.2) is 0 Å². The Hall–Kier alpha value is -0.750. The van der Waals surface area contributed by atoms with Crippen molar-refractivity contribution in [2.24, 2.45) is 0 Å². The van der Waals surface area contributed by atoms with Gasteiger partial charge in [0.25, 0.3) is 0 Å². The first kappa shape index (κ1) is 12.7. The highest BCUT2D eigenvalue weighted by Gasteiger charge is 2.51. The van der Waals surface area contributed by atoms with Gasteiger partial charge in [-0.3, -0.25) is 4.79 Å². The van der Waals surface area contributed by atoms with Gasteiger partial charge < -0.3 is 19.3 Å². The number of aliphatic hydroxyl groups excluding tert-OH is 1. The molecule has 4 atom stereocenters. The van der Waals surface area contributed by atoms with Crippen molar-refractivity contribution in [2.45, 2.75) is 50.5 Å². The molecule has 0 aliphatic carbocycles. The highest BCUT2D eigenvalue weighted by molar-refractivity contribution is 5.85. The van der Waals surface area contributed by atoms with Crippen LogP contribution in [0.15, 0.2) is 12.7 Å². The highest BCUT2D eigenvalue weighted by atomic mass is 16.8. The van der Waals surface area contributed by atoms with E-state index in [0.29, 0.717) is 6.61 Å². The van der Waals surface area contributed by atoms with Crippen molar-refractivity contribution in [3.8, 4) is 0 Å². The van der Waals surface area contributed by atoms with Gasteiger partial charge in [0.1, 0.15) is 24.4 Å². The summed E-state index contributed by atoms with van der Waals surface area (Å²) < 4.78 is 16.1. The second-order valence-corrected chi connectivity index (χ2v) is 4.84. The minimum absolute atomic E-state index is 0.129. The molecule has 0 aromatic rings. The Morgan fingerprint density at radius 2 is 2.24 bits per heavy atom. The lowest BCUT2D eigenvalue weighted by atomic mass is 10.0. The Balaban J connectivity index is 2.09. The van der Waals surface area contributed by atoms with Crippen LogP contribution in [0.3, 0.4) is 0 Å². The summed E-state index contributed by atoms with van der Waals surface area (Å²) >= 11 is 0. The minimum Gasteiger partial charge on any atom is -0.387 e. The lowest BCUT2D eigenvalue weighted by Gasteiger charge is -2.20. The maximum Gasteiger partial charge on any atom is 0.168 e. The van der Waals surface area contributed by atoms with Crippen LogP contribution in [-0.4, -0.2) is 47.7 Å². The zero-order valence-corrected chi connectivity index (χ0v) is 10.1.